The molecule has 0 aliphatic carbocycles. The van der Waals surface area contributed by atoms with E-state index in [9.17, 15) is 23.2 Å². The highest BCUT2D eigenvalue weighted by molar-refractivity contribution is 5.96. The molecule has 3 aromatic rings. The monoisotopic (exact) mass is 467 g/mol. The smallest absolute Gasteiger partial charge is 0.353 e. The lowest BCUT2D eigenvalue weighted by molar-refractivity contribution is -0.141. The molecule has 0 saturated carbocycles. The molecular formula is C25H24F3N5O. The van der Waals surface area contributed by atoms with Crippen LogP contribution in [0.3, 0.4) is 0 Å². The SMILES string of the molecule is CC.N#Cc1cc(C(=O)N2CCN(c3ccccn3)CC2)c(C(F)(F)F)nc1-c1ccccc1. The van der Waals surface area contributed by atoms with E-state index in [1.807, 2.05) is 36.9 Å². The Hall–Kier alpha value is -3.93. The van der Waals surface area contributed by atoms with Gasteiger partial charge in [-0.05, 0) is 18.2 Å². The normalized spacial score (nSPS) is 13.5. The predicted molar refractivity (Wildman–Crippen MR) is 123 cm³/mol. The molecule has 34 heavy (non-hydrogen) atoms. The molecule has 0 atom stereocenters. The minimum absolute atomic E-state index is 0.0836. The summed E-state index contributed by atoms with van der Waals surface area (Å²) in [6.07, 6.45) is -3.19. The lowest BCUT2D eigenvalue weighted by Crippen LogP contribution is -2.49. The van der Waals surface area contributed by atoms with Crippen LogP contribution in [-0.2, 0) is 6.18 Å². The number of amides is 1. The van der Waals surface area contributed by atoms with E-state index < -0.39 is 23.3 Å². The molecular weight excluding hydrogens is 443 g/mol. The van der Waals surface area contributed by atoms with E-state index in [4.69, 9.17) is 0 Å². The molecule has 1 aliphatic rings. The third-order valence-corrected chi connectivity index (χ3v) is 5.23. The van der Waals surface area contributed by atoms with Crippen LogP contribution in [0.4, 0.5) is 19.0 Å². The summed E-state index contributed by atoms with van der Waals surface area (Å²) in [6, 6.07) is 16.5. The summed E-state index contributed by atoms with van der Waals surface area (Å²) in [5, 5.41) is 9.54. The summed E-state index contributed by atoms with van der Waals surface area (Å²) in [6.45, 7) is 5.33. The predicted octanol–water partition coefficient (Wildman–Crippen LogP) is 5.02. The fourth-order valence-corrected chi connectivity index (χ4v) is 3.64. The Morgan fingerprint density at radius 3 is 2.21 bits per heavy atom. The average Bonchev–Trinajstić information content (AvgIpc) is 2.89. The van der Waals surface area contributed by atoms with Gasteiger partial charge < -0.3 is 9.80 Å². The van der Waals surface area contributed by atoms with Crippen molar-refractivity contribution < 1.29 is 18.0 Å². The Kier molecular flexibility index (Phi) is 7.84. The highest BCUT2D eigenvalue weighted by atomic mass is 19.4. The van der Waals surface area contributed by atoms with Gasteiger partial charge in [0.2, 0.25) is 0 Å². The molecule has 0 bridgehead atoms. The van der Waals surface area contributed by atoms with Crippen LogP contribution >= 0.6 is 0 Å². The van der Waals surface area contributed by atoms with Gasteiger partial charge >= 0.3 is 6.18 Å². The zero-order valence-corrected chi connectivity index (χ0v) is 18.9. The van der Waals surface area contributed by atoms with E-state index >= 15 is 0 Å². The summed E-state index contributed by atoms with van der Waals surface area (Å²) in [5.41, 5.74) is -1.71. The molecule has 1 fully saturated rings. The van der Waals surface area contributed by atoms with Crippen molar-refractivity contribution in [3.05, 3.63) is 77.6 Å². The number of carbonyl (C=O) groups is 1. The van der Waals surface area contributed by atoms with Crippen LogP contribution in [0.2, 0.25) is 0 Å². The third-order valence-electron chi connectivity index (χ3n) is 5.23. The number of aromatic nitrogens is 2. The average molecular weight is 467 g/mol. The maximum Gasteiger partial charge on any atom is 0.434 e. The summed E-state index contributed by atoms with van der Waals surface area (Å²) in [4.78, 5) is 24.4. The van der Waals surface area contributed by atoms with Gasteiger partial charge in [0.15, 0.2) is 5.69 Å². The van der Waals surface area contributed by atoms with E-state index in [0.29, 0.717) is 18.7 Å². The number of nitriles is 1. The molecule has 0 unspecified atom stereocenters. The standard InChI is InChI=1S/C23H18F3N5O.C2H6/c24-23(25,26)21-18(14-17(15-27)20(29-21)16-6-2-1-3-7-16)22(32)31-12-10-30(11-13-31)19-8-4-5-9-28-19;1-2/h1-9,14H,10-13H2;1-2H3. The second kappa shape index (κ2) is 10.8. The number of benzene rings is 1. The first-order valence-corrected chi connectivity index (χ1v) is 10.9. The van der Waals surface area contributed by atoms with Crippen molar-refractivity contribution >= 4 is 11.7 Å². The van der Waals surface area contributed by atoms with Crippen molar-refractivity contribution in [2.24, 2.45) is 0 Å². The number of hydrogen-bond donors (Lipinski definition) is 0. The van der Waals surface area contributed by atoms with Gasteiger partial charge in [0.1, 0.15) is 11.9 Å². The topological polar surface area (TPSA) is 73.1 Å². The lowest BCUT2D eigenvalue weighted by Gasteiger charge is -2.35. The van der Waals surface area contributed by atoms with E-state index in [2.05, 4.69) is 9.97 Å². The largest absolute Gasteiger partial charge is 0.434 e. The number of carbonyl (C=O) groups excluding carboxylic acids is 1. The Bertz CT molecular complexity index is 1150. The number of halogens is 3. The summed E-state index contributed by atoms with van der Waals surface area (Å²) in [5.74, 6) is -0.0437. The van der Waals surface area contributed by atoms with Crippen LogP contribution in [0.1, 0.15) is 35.5 Å². The van der Waals surface area contributed by atoms with Gasteiger partial charge in [-0.25, -0.2) is 9.97 Å². The Labute approximate surface area is 196 Å². The molecule has 1 aromatic carbocycles. The molecule has 4 rings (SSSR count). The van der Waals surface area contributed by atoms with Crippen LogP contribution in [0.25, 0.3) is 11.3 Å². The van der Waals surface area contributed by atoms with Gasteiger partial charge in [0.05, 0.1) is 16.8 Å². The van der Waals surface area contributed by atoms with Gasteiger partial charge in [-0.15, -0.1) is 0 Å². The van der Waals surface area contributed by atoms with Crippen molar-refractivity contribution in [3.63, 3.8) is 0 Å². The summed E-state index contributed by atoms with van der Waals surface area (Å²) in [7, 11) is 0. The quantitative estimate of drug-likeness (QED) is 0.541. The number of anilines is 1. The number of piperazine rings is 1. The lowest BCUT2D eigenvalue weighted by atomic mass is 10.0. The molecule has 3 heterocycles. The molecule has 176 valence electrons. The summed E-state index contributed by atoms with van der Waals surface area (Å²) < 4.78 is 41.6. The summed E-state index contributed by atoms with van der Waals surface area (Å²) >= 11 is 0. The highest BCUT2D eigenvalue weighted by Crippen LogP contribution is 2.35. The Morgan fingerprint density at radius 1 is 1.00 bits per heavy atom. The van der Waals surface area contributed by atoms with Crippen LogP contribution < -0.4 is 4.90 Å². The number of alkyl halides is 3. The van der Waals surface area contributed by atoms with Gasteiger partial charge in [-0.2, -0.15) is 18.4 Å². The second-order valence-electron chi connectivity index (χ2n) is 7.22. The van der Waals surface area contributed by atoms with Gasteiger partial charge in [-0.3, -0.25) is 4.79 Å². The van der Waals surface area contributed by atoms with Crippen LogP contribution in [0, 0.1) is 11.3 Å². The van der Waals surface area contributed by atoms with Gasteiger partial charge in [-0.1, -0.05) is 50.2 Å². The number of rotatable bonds is 3. The number of nitrogens with zero attached hydrogens (tertiary/aromatic N) is 5. The zero-order valence-electron chi connectivity index (χ0n) is 18.9. The van der Waals surface area contributed by atoms with Crippen LogP contribution in [0.5, 0.6) is 0 Å². The molecule has 6 nitrogen and oxygen atoms in total. The maximum absolute atomic E-state index is 13.9. The maximum atomic E-state index is 13.9. The van der Waals surface area contributed by atoms with Crippen molar-refractivity contribution in [3.8, 4) is 17.3 Å². The first kappa shape index (κ1) is 24.7. The molecule has 2 aromatic heterocycles. The third kappa shape index (κ3) is 5.34. The first-order valence-electron chi connectivity index (χ1n) is 10.9. The second-order valence-corrected chi connectivity index (χ2v) is 7.22. The molecule has 1 amide bonds. The highest BCUT2D eigenvalue weighted by Gasteiger charge is 2.40. The molecule has 0 radical (unpaired) electrons. The van der Waals surface area contributed by atoms with E-state index in [-0.39, 0.29) is 24.3 Å². The Balaban J connectivity index is 0.00000158. The molecule has 1 saturated heterocycles. The zero-order chi connectivity index (χ0) is 24.7. The van der Waals surface area contributed by atoms with Gasteiger partial charge in [0.25, 0.3) is 5.91 Å². The van der Waals surface area contributed by atoms with Crippen LogP contribution in [0.15, 0.2) is 60.8 Å². The molecule has 0 spiro atoms. The minimum atomic E-state index is -4.85. The van der Waals surface area contributed by atoms with Crippen molar-refractivity contribution in [2.75, 3.05) is 31.1 Å². The first-order chi connectivity index (χ1) is 16.4. The fourth-order valence-electron chi connectivity index (χ4n) is 3.64. The number of hydrogen-bond acceptors (Lipinski definition) is 5. The molecule has 0 N–H and O–H groups in total. The Morgan fingerprint density at radius 2 is 1.65 bits per heavy atom. The van der Waals surface area contributed by atoms with Crippen molar-refractivity contribution in [2.45, 2.75) is 20.0 Å². The van der Waals surface area contributed by atoms with E-state index in [1.165, 1.54) is 4.90 Å². The minimum Gasteiger partial charge on any atom is -0.353 e. The van der Waals surface area contributed by atoms with Gasteiger partial charge in [0, 0.05) is 37.9 Å². The fraction of sp³-hybridized carbons (Fsp3) is 0.280. The van der Waals surface area contributed by atoms with E-state index in [0.717, 1.165) is 11.9 Å². The molecule has 9 heteroatoms. The molecule has 1 aliphatic heterocycles. The number of pyridine rings is 2. The van der Waals surface area contributed by atoms with E-state index in [1.54, 1.807) is 42.6 Å². The van der Waals surface area contributed by atoms with Crippen LogP contribution in [-0.4, -0.2) is 47.0 Å². The van der Waals surface area contributed by atoms with Crippen molar-refractivity contribution in [1.82, 2.24) is 14.9 Å². The van der Waals surface area contributed by atoms with Crippen molar-refractivity contribution in [1.29, 1.82) is 5.26 Å².